The number of carboxylic acid groups (broad SMARTS) is 1. The fraction of sp³-hybridized carbons (Fsp3) is 0.562. The quantitative estimate of drug-likeness (QED) is 0.928. The predicted octanol–water partition coefficient (Wildman–Crippen LogP) is 2.86. The van der Waals surface area contributed by atoms with Gasteiger partial charge in [0.1, 0.15) is 0 Å². The van der Waals surface area contributed by atoms with Crippen molar-refractivity contribution in [2.45, 2.75) is 54.8 Å². The summed E-state index contributed by atoms with van der Waals surface area (Å²) in [6.45, 7) is 0. The Kier molecular flexibility index (Phi) is 3.35. The highest BCUT2D eigenvalue weighted by molar-refractivity contribution is 7.90. The third-order valence-electron chi connectivity index (χ3n) is 4.92. The molecule has 0 unspecified atom stereocenters. The molecule has 21 heavy (non-hydrogen) atoms. The van der Waals surface area contributed by atoms with Crippen molar-refractivity contribution in [1.29, 1.82) is 0 Å². The molecule has 0 bridgehead atoms. The van der Waals surface area contributed by atoms with Crippen molar-refractivity contribution in [1.82, 2.24) is 0 Å². The van der Waals surface area contributed by atoms with Crippen LogP contribution in [0.25, 0.3) is 0 Å². The van der Waals surface area contributed by atoms with Gasteiger partial charge in [0.2, 0.25) is 0 Å². The van der Waals surface area contributed by atoms with Gasteiger partial charge in [-0.25, -0.2) is 8.42 Å². The fourth-order valence-corrected chi connectivity index (χ4v) is 4.16. The van der Waals surface area contributed by atoms with Crippen molar-refractivity contribution < 1.29 is 18.3 Å². The molecule has 0 saturated heterocycles. The van der Waals surface area contributed by atoms with Crippen LogP contribution in [0.15, 0.2) is 23.1 Å². The van der Waals surface area contributed by atoms with Crippen LogP contribution in [0, 0.1) is 0 Å². The minimum atomic E-state index is -3.26. The molecular formula is C16H20O4S. The van der Waals surface area contributed by atoms with Gasteiger partial charge in [0.15, 0.2) is 9.84 Å². The Morgan fingerprint density at radius 2 is 1.86 bits per heavy atom. The standard InChI is InChI=1S/C16H20O4S/c1-21(19,20)12-6-7-14(16(8-9-16)15(17)18)13(10-12)11-4-2-3-5-11/h6-7,10-11H,2-5,8-9H2,1H3,(H,17,18). The van der Waals surface area contributed by atoms with Gasteiger partial charge < -0.3 is 5.11 Å². The molecule has 2 saturated carbocycles. The third kappa shape index (κ3) is 2.48. The van der Waals surface area contributed by atoms with Gasteiger partial charge in [-0.1, -0.05) is 18.9 Å². The Morgan fingerprint density at radius 3 is 2.33 bits per heavy atom. The highest BCUT2D eigenvalue weighted by atomic mass is 32.2. The van der Waals surface area contributed by atoms with E-state index in [1.54, 1.807) is 18.2 Å². The molecule has 4 nitrogen and oxygen atoms in total. The maximum absolute atomic E-state index is 11.8. The highest BCUT2D eigenvalue weighted by Crippen LogP contribution is 2.52. The molecule has 1 aromatic rings. The Bertz CT molecular complexity index is 680. The van der Waals surface area contributed by atoms with Crippen LogP contribution in [0.5, 0.6) is 0 Å². The summed E-state index contributed by atoms with van der Waals surface area (Å²) >= 11 is 0. The monoisotopic (exact) mass is 308 g/mol. The number of sulfone groups is 1. The maximum Gasteiger partial charge on any atom is 0.314 e. The predicted molar refractivity (Wildman–Crippen MR) is 79.3 cm³/mol. The normalized spacial score (nSPS) is 21.4. The molecule has 0 aliphatic heterocycles. The number of hydrogen-bond donors (Lipinski definition) is 1. The number of hydrogen-bond acceptors (Lipinski definition) is 3. The Hall–Kier alpha value is -1.36. The molecule has 2 aliphatic carbocycles. The summed E-state index contributed by atoms with van der Waals surface area (Å²) in [5.41, 5.74) is 1.03. The smallest absolute Gasteiger partial charge is 0.314 e. The lowest BCUT2D eigenvalue weighted by Gasteiger charge is -2.21. The van der Waals surface area contributed by atoms with Crippen LogP contribution in [0.3, 0.4) is 0 Å². The first-order chi connectivity index (χ1) is 9.84. The van der Waals surface area contributed by atoms with Crippen molar-refractivity contribution in [3.05, 3.63) is 29.3 Å². The molecule has 0 heterocycles. The molecule has 0 aromatic heterocycles. The average molecular weight is 308 g/mol. The van der Waals surface area contributed by atoms with Crippen molar-refractivity contribution in [3.63, 3.8) is 0 Å². The zero-order chi connectivity index (χ0) is 15.3. The van der Waals surface area contributed by atoms with Crippen LogP contribution in [0.2, 0.25) is 0 Å². The summed E-state index contributed by atoms with van der Waals surface area (Å²) in [5.74, 6) is -0.479. The van der Waals surface area contributed by atoms with E-state index in [2.05, 4.69) is 0 Å². The Morgan fingerprint density at radius 1 is 1.24 bits per heavy atom. The molecule has 2 fully saturated rings. The van der Waals surface area contributed by atoms with Gasteiger partial charge in [0, 0.05) is 6.26 Å². The van der Waals surface area contributed by atoms with Crippen LogP contribution in [-0.4, -0.2) is 25.7 Å². The number of aliphatic carboxylic acids is 1. The van der Waals surface area contributed by atoms with Crippen molar-refractivity contribution in [2.24, 2.45) is 0 Å². The van der Waals surface area contributed by atoms with E-state index < -0.39 is 21.2 Å². The molecule has 0 atom stereocenters. The second kappa shape index (κ2) is 4.83. The van der Waals surface area contributed by atoms with E-state index in [-0.39, 0.29) is 0 Å². The number of carboxylic acids is 1. The van der Waals surface area contributed by atoms with E-state index in [1.807, 2.05) is 0 Å². The first-order valence-electron chi connectivity index (χ1n) is 7.42. The Labute approximate surface area is 125 Å². The van der Waals surface area contributed by atoms with E-state index in [0.717, 1.165) is 36.8 Å². The third-order valence-corrected chi connectivity index (χ3v) is 6.03. The zero-order valence-electron chi connectivity index (χ0n) is 12.1. The maximum atomic E-state index is 11.8. The van der Waals surface area contributed by atoms with E-state index in [0.29, 0.717) is 23.7 Å². The van der Waals surface area contributed by atoms with Gasteiger partial charge in [-0.2, -0.15) is 0 Å². The second-order valence-corrected chi connectivity index (χ2v) is 8.41. The molecule has 1 aromatic carbocycles. The summed E-state index contributed by atoms with van der Waals surface area (Å²) in [7, 11) is -3.26. The number of carbonyl (C=O) groups is 1. The van der Waals surface area contributed by atoms with E-state index in [1.165, 1.54) is 6.26 Å². The van der Waals surface area contributed by atoms with Crippen LogP contribution in [0.4, 0.5) is 0 Å². The van der Waals surface area contributed by atoms with Gasteiger partial charge in [-0.05, 0) is 54.9 Å². The van der Waals surface area contributed by atoms with Crippen LogP contribution >= 0.6 is 0 Å². The van der Waals surface area contributed by atoms with Gasteiger partial charge >= 0.3 is 5.97 Å². The van der Waals surface area contributed by atoms with Gasteiger partial charge in [0.25, 0.3) is 0 Å². The topological polar surface area (TPSA) is 71.4 Å². The first-order valence-corrected chi connectivity index (χ1v) is 9.32. The summed E-state index contributed by atoms with van der Waals surface area (Å²) in [5, 5.41) is 9.54. The van der Waals surface area contributed by atoms with E-state index >= 15 is 0 Å². The van der Waals surface area contributed by atoms with Crippen molar-refractivity contribution >= 4 is 15.8 Å². The second-order valence-electron chi connectivity index (χ2n) is 6.39. The molecule has 0 spiro atoms. The highest BCUT2D eigenvalue weighted by Gasteiger charge is 2.53. The Balaban J connectivity index is 2.13. The van der Waals surface area contributed by atoms with E-state index in [9.17, 15) is 18.3 Å². The van der Waals surface area contributed by atoms with Crippen LogP contribution < -0.4 is 0 Å². The molecule has 5 heteroatoms. The summed E-state index contributed by atoms with van der Waals surface area (Å²) < 4.78 is 23.6. The zero-order valence-corrected chi connectivity index (χ0v) is 12.9. The minimum absolute atomic E-state index is 0.300. The molecule has 114 valence electrons. The molecule has 2 aliphatic rings. The van der Waals surface area contributed by atoms with Crippen molar-refractivity contribution in [2.75, 3.05) is 6.26 Å². The lowest BCUT2D eigenvalue weighted by atomic mass is 9.84. The van der Waals surface area contributed by atoms with Gasteiger partial charge in [-0.3, -0.25) is 4.79 Å². The van der Waals surface area contributed by atoms with Crippen molar-refractivity contribution in [3.8, 4) is 0 Å². The number of rotatable bonds is 4. The van der Waals surface area contributed by atoms with Crippen LogP contribution in [0.1, 0.15) is 55.6 Å². The molecular weight excluding hydrogens is 288 g/mol. The van der Waals surface area contributed by atoms with Crippen LogP contribution in [-0.2, 0) is 20.0 Å². The van der Waals surface area contributed by atoms with E-state index in [4.69, 9.17) is 0 Å². The molecule has 0 radical (unpaired) electrons. The number of benzene rings is 1. The largest absolute Gasteiger partial charge is 0.481 e. The fourth-order valence-electron chi connectivity index (χ4n) is 3.51. The lowest BCUT2D eigenvalue weighted by Crippen LogP contribution is -2.22. The molecule has 1 N–H and O–H groups in total. The van der Waals surface area contributed by atoms with Gasteiger partial charge in [0.05, 0.1) is 10.3 Å². The molecule has 3 rings (SSSR count). The summed E-state index contributed by atoms with van der Waals surface area (Å²) in [6.07, 6.45) is 6.82. The SMILES string of the molecule is CS(=O)(=O)c1ccc(C2(C(=O)O)CC2)c(C2CCCC2)c1. The summed E-state index contributed by atoms with van der Waals surface area (Å²) in [6, 6.07) is 5.03. The first kappa shape index (κ1) is 14.6. The van der Waals surface area contributed by atoms with Gasteiger partial charge in [-0.15, -0.1) is 0 Å². The average Bonchev–Trinajstić information content (AvgIpc) is 3.05. The molecule has 0 amide bonds. The summed E-state index contributed by atoms with van der Waals surface area (Å²) in [4.78, 5) is 11.9. The minimum Gasteiger partial charge on any atom is -0.481 e. The lowest BCUT2D eigenvalue weighted by molar-refractivity contribution is -0.140.